The van der Waals surface area contributed by atoms with E-state index < -0.39 is 9.84 Å². The van der Waals surface area contributed by atoms with Gasteiger partial charge in [-0.15, -0.1) is 0 Å². The normalized spacial score (nSPS) is 11.5. The van der Waals surface area contributed by atoms with E-state index in [0.717, 1.165) is 5.56 Å². The van der Waals surface area contributed by atoms with Gasteiger partial charge in [0.15, 0.2) is 9.84 Å². The van der Waals surface area contributed by atoms with Crippen LogP contribution in [0, 0.1) is 0 Å². The fourth-order valence-electron chi connectivity index (χ4n) is 1.50. The average molecular weight is 356 g/mol. The van der Waals surface area contributed by atoms with Crippen LogP contribution in [0.4, 0.5) is 0 Å². The van der Waals surface area contributed by atoms with Crippen molar-refractivity contribution in [3.63, 3.8) is 0 Å². The summed E-state index contributed by atoms with van der Waals surface area (Å²) in [6, 6.07) is 5.44. The van der Waals surface area contributed by atoms with Gasteiger partial charge >= 0.3 is 0 Å². The number of hydrogen-bond donors (Lipinski definition) is 0. The highest BCUT2D eigenvalue weighted by Gasteiger charge is 2.12. The molecule has 0 atom stereocenters. The Bertz CT molecular complexity index is 488. The van der Waals surface area contributed by atoms with E-state index >= 15 is 0 Å². The predicted octanol–water partition coefficient (Wildman–Crippen LogP) is 3.44. The zero-order valence-electron chi connectivity index (χ0n) is 10.2. The second kappa shape index (κ2) is 7.36. The van der Waals surface area contributed by atoms with E-state index in [4.69, 9.17) is 16.3 Å². The molecule has 18 heavy (non-hydrogen) atoms. The summed E-state index contributed by atoms with van der Waals surface area (Å²) in [5, 5.41) is 1.12. The van der Waals surface area contributed by atoms with E-state index in [9.17, 15) is 8.42 Å². The molecule has 0 saturated heterocycles. The van der Waals surface area contributed by atoms with Crippen molar-refractivity contribution in [2.75, 3.05) is 18.1 Å². The van der Waals surface area contributed by atoms with E-state index in [1.54, 1.807) is 6.07 Å². The van der Waals surface area contributed by atoms with Crippen molar-refractivity contribution >= 4 is 37.4 Å². The van der Waals surface area contributed by atoms with E-state index in [-0.39, 0.29) is 18.1 Å². The van der Waals surface area contributed by atoms with Crippen LogP contribution in [-0.2, 0) is 15.2 Å². The molecule has 1 aromatic carbocycles. The molecule has 3 nitrogen and oxygen atoms in total. The molecular weight excluding hydrogens is 340 g/mol. The minimum Gasteiger partial charge on any atom is -0.491 e. The van der Waals surface area contributed by atoms with Crippen molar-refractivity contribution in [3.8, 4) is 5.75 Å². The quantitative estimate of drug-likeness (QED) is 0.704. The second-order valence-corrected chi connectivity index (χ2v) is 7.13. The maximum absolute atomic E-state index is 11.5. The molecular formula is C12H16BrClO3S. The third-order valence-electron chi connectivity index (χ3n) is 2.35. The summed E-state index contributed by atoms with van der Waals surface area (Å²) in [7, 11) is -3.01. The summed E-state index contributed by atoms with van der Waals surface area (Å²) >= 11 is 9.37. The Balaban J connectivity index is 2.64. The topological polar surface area (TPSA) is 43.4 Å². The summed E-state index contributed by atoms with van der Waals surface area (Å²) < 4.78 is 28.6. The lowest BCUT2D eigenvalue weighted by atomic mass is 10.2. The van der Waals surface area contributed by atoms with Crippen LogP contribution in [0.25, 0.3) is 0 Å². The first-order chi connectivity index (χ1) is 8.50. The number of para-hydroxylation sites is 1. The molecule has 0 spiro atoms. The zero-order chi connectivity index (χ0) is 13.6. The van der Waals surface area contributed by atoms with E-state index in [0.29, 0.717) is 22.5 Å². The summed E-state index contributed by atoms with van der Waals surface area (Å²) in [6.45, 7) is 1.97. The van der Waals surface area contributed by atoms with Crippen LogP contribution in [0.3, 0.4) is 0 Å². The summed E-state index contributed by atoms with van der Waals surface area (Å²) in [4.78, 5) is 0. The third-order valence-corrected chi connectivity index (χ3v) is 5.07. The predicted molar refractivity (Wildman–Crippen MR) is 78.5 cm³/mol. The highest BCUT2D eigenvalue weighted by Crippen LogP contribution is 2.30. The summed E-state index contributed by atoms with van der Waals surface area (Å²) in [6.07, 6.45) is 0.626. The van der Waals surface area contributed by atoms with Gasteiger partial charge < -0.3 is 4.74 Å². The number of benzene rings is 1. The molecule has 0 N–H and O–H groups in total. The van der Waals surface area contributed by atoms with Gasteiger partial charge in [0.1, 0.15) is 12.4 Å². The smallest absolute Gasteiger partial charge is 0.153 e. The molecule has 0 bridgehead atoms. The van der Waals surface area contributed by atoms with Gasteiger partial charge in [0, 0.05) is 10.9 Å². The molecule has 0 saturated carbocycles. The molecule has 102 valence electrons. The fraction of sp³-hybridized carbons (Fsp3) is 0.500. The largest absolute Gasteiger partial charge is 0.491 e. The number of hydrogen-bond acceptors (Lipinski definition) is 3. The van der Waals surface area contributed by atoms with Crippen LogP contribution in [-0.4, -0.2) is 26.5 Å². The van der Waals surface area contributed by atoms with Gasteiger partial charge in [0.25, 0.3) is 0 Å². The van der Waals surface area contributed by atoms with Crippen molar-refractivity contribution in [1.82, 2.24) is 0 Å². The number of alkyl halides is 1. The Kier molecular flexibility index (Phi) is 6.46. The molecule has 0 aromatic heterocycles. The molecule has 1 rings (SSSR count). The van der Waals surface area contributed by atoms with Gasteiger partial charge in [-0.05, 0) is 12.5 Å². The van der Waals surface area contributed by atoms with E-state index in [2.05, 4.69) is 15.9 Å². The Morgan fingerprint density at radius 3 is 2.67 bits per heavy atom. The lowest BCUT2D eigenvalue weighted by molar-refractivity contribution is 0.338. The first-order valence-corrected chi connectivity index (χ1v) is 8.99. The SMILES string of the molecule is CCCS(=O)(=O)CCOc1c(Cl)cccc1CBr. The van der Waals surface area contributed by atoms with Crippen molar-refractivity contribution in [3.05, 3.63) is 28.8 Å². The maximum atomic E-state index is 11.5. The van der Waals surface area contributed by atoms with Gasteiger partial charge in [-0.2, -0.15) is 0 Å². The number of rotatable bonds is 7. The highest BCUT2D eigenvalue weighted by atomic mass is 79.9. The zero-order valence-corrected chi connectivity index (χ0v) is 13.3. The van der Waals surface area contributed by atoms with Crippen LogP contribution in [0.1, 0.15) is 18.9 Å². The molecule has 0 aliphatic carbocycles. The number of sulfone groups is 1. The van der Waals surface area contributed by atoms with E-state index in [1.807, 2.05) is 19.1 Å². The molecule has 0 amide bonds. The molecule has 0 heterocycles. The maximum Gasteiger partial charge on any atom is 0.153 e. The number of halogens is 2. The molecule has 0 unspecified atom stereocenters. The Labute approximate surface area is 122 Å². The van der Waals surface area contributed by atoms with Crippen molar-refractivity contribution < 1.29 is 13.2 Å². The third kappa shape index (κ3) is 4.78. The minimum absolute atomic E-state index is 0.0216. The minimum atomic E-state index is -3.01. The van der Waals surface area contributed by atoms with Crippen LogP contribution < -0.4 is 4.74 Å². The van der Waals surface area contributed by atoms with Gasteiger partial charge in [0.05, 0.1) is 16.5 Å². The molecule has 6 heteroatoms. The van der Waals surface area contributed by atoms with Crippen LogP contribution in [0.15, 0.2) is 18.2 Å². The van der Waals surface area contributed by atoms with Crippen LogP contribution >= 0.6 is 27.5 Å². The van der Waals surface area contributed by atoms with Gasteiger partial charge in [-0.1, -0.05) is 46.6 Å². The highest BCUT2D eigenvalue weighted by molar-refractivity contribution is 9.08. The first kappa shape index (κ1) is 15.8. The van der Waals surface area contributed by atoms with Crippen molar-refractivity contribution in [1.29, 1.82) is 0 Å². The van der Waals surface area contributed by atoms with Crippen molar-refractivity contribution in [2.45, 2.75) is 18.7 Å². The molecule has 0 fully saturated rings. The Hall–Kier alpha value is -0.260. The second-order valence-electron chi connectivity index (χ2n) is 3.86. The summed E-state index contributed by atoms with van der Waals surface area (Å²) in [5.41, 5.74) is 0.912. The standard InChI is InChI=1S/C12H16BrClO3S/c1-2-7-18(15,16)8-6-17-12-10(9-13)4-3-5-11(12)14/h3-5H,2,6-9H2,1H3. The monoisotopic (exact) mass is 354 g/mol. The van der Waals surface area contributed by atoms with Crippen LogP contribution in [0.2, 0.25) is 5.02 Å². The Morgan fingerprint density at radius 2 is 2.06 bits per heavy atom. The van der Waals surface area contributed by atoms with Gasteiger partial charge in [-0.25, -0.2) is 8.42 Å². The van der Waals surface area contributed by atoms with Gasteiger partial charge in [0.2, 0.25) is 0 Å². The first-order valence-electron chi connectivity index (χ1n) is 5.66. The number of ether oxygens (including phenoxy) is 1. The molecule has 0 radical (unpaired) electrons. The fourth-order valence-corrected chi connectivity index (χ4v) is 3.36. The molecule has 0 aliphatic heterocycles. The Morgan fingerprint density at radius 1 is 1.33 bits per heavy atom. The lowest BCUT2D eigenvalue weighted by Gasteiger charge is -2.11. The van der Waals surface area contributed by atoms with Gasteiger partial charge in [-0.3, -0.25) is 0 Å². The molecule has 0 aliphatic rings. The summed E-state index contributed by atoms with van der Waals surface area (Å²) in [5.74, 6) is 0.778. The lowest BCUT2D eigenvalue weighted by Crippen LogP contribution is -2.17. The average Bonchev–Trinajstić information content (AvgIpc) is 2.30. The van der Waals surface area contributed by atoms with Crippen LogP contribution in [0.5, 0.6) is 5.75 Å². The molecule has 1 aromatic rings. The van der Waals surface area contributed by atoms with E-state index in [1.165, 1.54) is 0 Å². The van der Waals surface area contributed by atoms with Crippen molar-refractivity contribution in [2.24, 2.45) is 0 Å².